The van der Waals surface area contributed by atoms with Crippen LogP contribution in [0.1, 0.15) is 46.2 Å². The summed E-state index contributed by atoms with van der Waals surface area (Å²) in [6.45, 7) is 8.95. The Morgan fingerprint density at radius 3 is 2.75 bits per heavy atom. The maximum atomic E-state index is 11.3. The molecule has 0 N–H and O–H groups in total. The minimum absolute atomic E-state index is 0.149. The second kappa shape index (κ2) is 8.25. The lowest BCUT2D eigenvalue weighted by Crippen LogP contribution is -2.29. The molecule has 4 nitrogen and oxygen atoms in total. The summed E-state index contributed by atoms with van der Waals surface area (Å²) in [6.07, 6.45) is 2.21. The molecule has 0 amide bonds. The lowest BCUT2D eigenvalue weighted by molar-refractivity contribution is -0.143. The van der Waals surface area contributed by atoms with Crippen LogP contribution < -0.4 is 4.90 Å². The summed E-state index contributed by atoms with van der Waals surface area (Å²) in [6, 6.07) is 0.471. The van der Waals surface area contributed by atoms with E-state index in [1.165, 1.54) is 0 Å². The third-order valence-electron chi connectivity index (χ3n) is 3.21. The Kier molecular flexibility index (Phi) is 6.99. The smallest absolute Gasteiger partial charge is 0.306 e. The third kappa shape index (κ3) is 5.49. The molecule has 0 saturated carbocycles. The van der Waals surface area contributed by atoms with Crippen molar-refractivity contribution in [2.24, 2.45) is 5.92 Å². The predicted molar refractivity (Wildman–Crippen MR) is 84.4 cm³/mol. The quantitative estimate of drug-likeness (QED) is 0.689. The van der Waals surface area contributed by atoms with Gasteiger partial charge in [0.05, 0.1) is 18.7 Å². The Morgan fingerprint density at radius 2 is 2.15 bits per heavy atom. The van der Waals surface area contributed by atoms with E-state index in [1.54, 1.807) is 11.3 Å². The van der Waals surface area contributed by atoms with E-state index in [0.717, 1.165) is 17.2 Å². The van der Waals surface area contributed by atoms with Gasteiger partial charge >= 0.3 is 5.97 Å². The molecule has 0 aliphatic carbocycles. The Labute approximate surface area is 126 Å². The molecule has 20 heavy (non-hydrogen) atoms. The molecule has 0 spiro atoms. The second-order valence-electron chi connectivity index (χ2n) is 5.52. The van der Waals surface area contributed by atoms with Crippen molar-refractivity contribution >= 4 is 22.4 Å². The van der Waals surface area contributed by atoms with Gasteiger partial charge in [0.1, 0.15) is 0 Å². The normalized spacial score (nSPS) is 12.5. The van der Waals surface area contributed by atoms with E-state index in [0.29, 0.717) is 31.4 Å². The first-order valence-electron chi connectivity index (χ1n) is 7.26. The standard InChI is InChI=1S/C15H26N2O2S/c1-6-19-14(18)8-7-13-10-20-15(16-13)17(5)12(4)9-11(2)3/h10-12H,6-9H2,1-5H3. The fourth-order valence-electron chi connectivity index (χ4n) is 2.07. The summed E-state index contributed by atoms with van der Waals surface area (Å²) >= 11 is 1.64. The molecular weight excluding hydrogens is 272 g/mol. The fourth-order valence-corrected chi connectivity index (χ4v) is 2.99. The van der Waals surface area contributed by atoms with Gasteiger partial charge in [-0.05, 0) is 26.2 Å². The van der Waals surface area contributed by atoms with Crippen LogP contribution in [0.4, 0.5) is 5.13 Å². The van der Waals surface area contributed by atoms with Crippen molar-refractivity contribution in [3.8, 4) is 0 Å². The molecule has 5 heteroatoms. The molecule has 0 saturated heterocycles. The first-order chi connectivity index (χ1) is 9.43. The maximum absolute atomic E-state index is 11.3. The van der Waals surface area contributed by atoms with Gasteiger partial charge in [0.15, 0.2) is 5.13 Å². The van der Waals surface area contributed by atoms with Gasteiger partial charge in [0.25, 0.3) is 0 Å². The van der Waals surface area contributed by atoms with Crippen molar-refractivity contribution in [1.29, 1.82) is 0 Å². The van der Waals surface area contributed by atoms with Gasteiger partial charge in [0, 0.05) is 24.9 Å². The lowest BCUT2D eigenvalue weighted by atomic mass is 10.0. The minimum Gasteiger partial charge on any atom is -0.466 e. The highest BCUT2D eigenvalue weighted by Gasteiger charge is 2.15. The van der Waals surface area contributed by atoms with E-state index < -0.39 is 0 Å². The summed E-state index contributed by atoms with van der Waals surface area (Å²) < 4.78 is 4.93. The van der Waals surface area contributed by atoms with Crippen molar-refractivity contribution in [3.63, 3.8) is 0 Å². The Hall–Kier alpha value is -1.10. The topological polar surface area (TPSA) is 42.4 Å². The van der Waals surface area contributed by atoms with Crippen molar-refractivity contribution in [3.05, 3.63) is 11.1 Å². The largest absolute Gasteiger partial charge is 0.466 e. The van der Waals surface area contributed by atoms with E-state index in [-0.39, 0.29) is 5.97 Å². The molecule has 1 aromatic rings. The molecule has 1 unspecified atom stereocenters. The molecule has 0 aliphatic rings. The van der Waals surface area contributed by atoms with Crippen LogP contribution in [-0.2, 0) is 16.0 Å². The number of anilines is 1. The van der Waals surface area contributed by atoms with Crippen LogP contribution in [-0.4, -0.2) is 30.6 Å². The first-order valence-corrected chi connectivity index (χ1v) is 8.14. The number of hydrogen-bond donors (Lipinski definition) is 0. The number of rotatable bonds is 8. The van der Waals surface area contributed by atoms with Crippen molar-refractivity contribution in [2.75, 3.05) is 18.6 Å². The second-order valence-corrected chi connectivity index (χ2v) is 6.35. The van der Waals surface area contributed by atoms with E-state index in [2.05, 4.69) is 37.7 Å². The number of hydrogen-bond acceptors (Lipinski definition) is 5. The highest BCUT2D eigenvalue weighted by Crippen LogP contribution is 2.24. The van der Waals surface area contributed by atoms with E-state index >= 15 is 0 Å². The van der Waals surface area contributed by atoms with E-state index in [1.807, 2.05) is 12.3 Å². The number of aryl methyl sites for hydroxylation is 1. The van der Waals surface area contributed by atoms with Crippen LogP contribution in [0.2, 0.25) is 0 Å². The summed E-state index contributed by atoms with van der Waals surface area (Å²) in [4.78, 5) is 18.2. The zero-order chi connectivity index (χ0) is 15.1. The fraction of sp³-hybridized carbons (Fsp3) is 0.733. The van der Waals surface area contributed by atoms with Crippen molar-refractivity contribution < 1.29 is 9.53 Å². The molecule has 1 rings (SSSR count). The Morgan fingerprint density at radius 1 is 1.45 bits per heavy atom. The Bertz CT molecular complexity index is 418. The molecule has 114 valence electrons. The van der Waals surface area contributed by atoms with Gasteiger partial charge in [-0.3, -0.25) is 4.79 Å². The lowest BCUT2D eigenvalue weighted by Gasteiger charge is -2.25. The molecule has 1 aromatic heterocycles. The maximum Gasteiger partial charge on any atom is 0.306 e. The van der Waals surface area contributed by atoms with Crippen LogP contribution in [0.5, 0.6) is 0 Å². The summed E-state index contributed by atoms with van der Waals surface area (Å²) in [5.74, 6) is 0.527. The molecule has 0 fully saturated rings. The number of ether oxygens (including phenoxy) is 1. The summed E-state index contributed by atoms with van der Waals surface area (Å²) in [7, 11) is 2.08. The molecule has 0 aliphatic heterocycles. The number of esters is 1. The number of aromatic nitrogens is 1. The van der Waals surface area contributed by atoms with Gasteiger partial charge in [-0.25, -0.2) is 4.98 Å². The first kappa shape index (κ1) is 17.0. The monoisotopic (exact) mass is 298 g/mol. The third-order valence-corrected chi connectivity index (χ3v) is 4.19. The van der Waals surface area contributed by atoms with Gasteiger partial charge in [-0.2, -0.15) is 0 Å². The van der Waals surface area contributed by atoms with Gasteiger partial charge in [0.2, 0.25) is 0 Å². The highest BCUT2D eigenvalue weighted by atomic mass is 32.1. The molecule has 0 radical (unpaired) electrons. The molecule has 1 heterocycles. The summed E-state index contributed by atoms with van der Waals surface area (Å²) in [5, 5.41) is 3.06. The van der Waals surface area contributed by atoms with Crippen LogP contribution >= 0.6 is 11.3 Å². The SMILES string of the molecule is CCOC(=O)CCc1csc(N(C)C(C)CC(C)C)n1. The highest BCUT2D eigenvalue weighted by molar-refractivity contribution is 7.13. The van der Waals surface area contributed by atoms with Gasteiger partial charge in [-0.1, -0.05) is 13.8 Å². The molecule has 0 bridgehead atoms. The molecule has 0 aromatic carbocycles. The summed E-state index contributed by atoms with van der Waals surface area (Å²) in [5.41, 5.74) is 0.974. The number of carbonyl (C=O) groups is 1. The minimum atomic E-state index is -0.149. The van der Waals surface area contributed by atoms with Gasteiger partial charge in [-0.15, -0.1) is 11.3 Å². The van der Waals surface area contributed by atoms with Crippen LogP contribution in [0.3, 0.4) is 0 Å². The van der Waals surface area contributed by atoms with E-state index in [4.69, 9.17) is 4.74 Å². The number of nitrogens with zero attached hydrogens (tertiary/aromatic N) is 2. The Balaban J connectivity index is 2.51. The average molecular weight is 298 g/mol. The predicted octanol–water partition coefficient (Wildman–Crippen LogP) is 3.51. The van der Waals surface area contributed by atoms with Crippen molar-refractivity contribution in [1.82, 2.24) is 4.98 Å². The van der Waals surface area contributed by atoms with Crippen LogP contribution in [0, 0.1) is 5.92 Å². The molecular formula is C15H26N2O2S. The van der Waals surface area contributed by atoms with Crippen LogP contribution in [0.15, 0.2) is 5.38 Å². The number of carbonyl (C=O) groups excluding carboxylic acids is 1. The van der Waals surface area contributed by atoms with Crippen LogP contribution in [0.25, 0.3) is 0 Å². The van der Waals surface area contributed by atoms with Crippen molar-refractivity contribution in [2.45, 2.75) is 53.0 Å². The van der Waals surface area contributed by atoms with Gasteiger partial charge < -0.3 is 9.64 Å². The zero-order valence-corrected chi connectivity index (χ0v) is 14.0. The number of thiazole rings is 1. The van der Waals surface area contributed by atoms with E-state index in [9.17, 15) is 4.79 Å². The average Bonchev–Trinajstić information content (AvgIpc) is 2.83. The zero-order valence-electron chi connectivity index (χ0n) is 13.2. The molecule has 1 atom stereocenters.